The van der Waals surface area contributed by atoms with Crippen molar-refractivity contribution in [2.24, 2.45) is 0 Å². The first-order chi connectivity index (χ1) is 14.6. The molecule has 0 radical (unpaired) electrons. The number of nitrogens with zero attached hydrogens (tertiary/aromatic N) is 3. The zero-order valence-electron chi connectivity index (χ0n) is 16.9. The van der Waals surface area contributed by atoms with Gasteiger partial charge in [0, 0.05) is 12.1 Å². The van der Waals surface area contributed by atoms with E-state index < -0.39 is 5.25 Å². The number of fused-ring (bicyclic) bond motifs is 1. The Kier molecular flexibility index (Phi) is 6.03. The molecule has 0 spiro atoms. The number of halogens is 1. The summed E-state index contributed by atoms with van der Waals surface area (Å²) in [6.07, 6.45) is 2.65. The third kappa shape index (κ3) is 4.18. The van der Waals surface area contributed by atoms with Gasteiger partial charge in [-0.3, -0.25) is 4.79 Å². The second kappa shape index (κ2) is 8.87. The van der Waals surface area contributed by atoms with E-state index in [0.29, 0.717) is 5.16 Å². The second-order valence-corrected chi connectivity index (χ2v) is 8.33. The van der Waals surface area contributed by atoms with Crippen LogP contribution in [0.3, 0.4) is 0 Å². The van der Waals surface area contributed by atoms with E-state index in [0.717, 1.165) is 36.3 Å². The largest absolute Gasteiger partial charge is 0.325 e. The lowest BCUT2D eigenvalue weighted by Crippen LogP contribution is -2.41. The van der Waals surface area contributed by atoms with Crippen LogP contribution in [-0.2, 0) is 17.6 Å². The quantitative estimate of drug-likeness (QED) is 0.615. The highest BCUT2D eigenvalue weighted by Gasteiger charge is 2.37. The van der Waals surface area contributed by atoms with E-state index in [-0.39, 0.29) is 17.8 Å². The third-order valence-corrected chi connectivity index (χ3v) is 6.31. The van der Waals surface area contributed by atoms with Gasteiger partial charge in [0.25, 0.3) is 0 Å². The lowest BCUT2D eigenvalue weighted by atomic mass is 10.0. The Morgan fingerprint density at radius 3 is 2.53 bits per heavy atom. The summed E-state index contributed by atoms with van der Waals surface area (Å²) in [6.45, 7) is 4.17. The van der Waals surface area contributed by atoms with Gasteiger partial charge in [0.1, 0.15) is 11.1 Å². The third-order valence-electron chi connectivity index (χ3n) is 5.09. The predicted octanol–water partition coefficient (Wildman–Crippen LogP) is 4.33. The Morgan fingerprint density at radius 1 is 1.13 bits per heavy atom. The van der Waals surface area contributed by atoms with Crippen molar-refractivity contribution in [3.05, 3.63) is 71.3 Å². The molecule has 1 aromatic heterocycles. The molecule has 2 atom stereocenters. The minimum atomic E-state index is -0.493. The van der Waals surface area contributed by atoms with E-state index in [1.54, 1.807) is 12.1 Å². The molecule has 2 aromatic carbocycles. The Bertz CT molecular complexity index is 1020. The topological polar surface area (TPSA) is 71.8 Å². The van der Waals surface area contributed by atoms with Crippen molar-refractivity contribution in [3.8, 4) is 0 Å². The van der Waals surface area contributed by atoms with Crippen molar-refractivity contribution >= 4 is 23.4 Å². The average molecular weight is 426 g/mol. The number of carbonyl (C=O) groups is 1. The number of benzene rings is 2. The number of carbonyl (C=O) groups excluding carboxylic acids is 1. The minimum absolute atomic E-state index is 0.141. The fourth-order valence-electron chi connectivity index (χ4n) is 3.44. The lowest BCUT2D eigenvalue weighted by molar-refractivity contribution is -0.116. The second-order valence-electron chi connectivity index (χ2n) is 7.22. The monoisotopic (exact) mass is 425 g/mol. The molecule has 0 aliphatic carbocycles. The number of amides is 1. The molecule has 0 saturated carbocycles. The maximum atomic E-state index is 13.5. The van der Waals surface area contributed by atoms with Gasteiger partial charge in [-0.15, -0.1) is 10.2 Å². The van der Waals surface area contributed by atoms with Crippen LogP contribution in [0.2, 0.25) is 0 Å². The Hall–Kier alpha value is -2.87. The van der Waals surface area contributed by atoms with Crippen LogP contribution in [0.15, 0.2) is 53.7 Å². The highest BCUT2D eigenvalue weighted by molar-refractivity contribution is 8.00. The van der Waals surface area contributed by atoms with Crippen LogP contribution in [0.4, 0.5) is 10.1 Å². The highest BCUT2D eigenvalue weighted by Crippen LogP contribution is 2.37. The van der Waals surface area contributed by atoms with E-state index in [2.05, 4.69) is 34.8 Å². The van der Waals surface area contributed by atoms with Gasteiger partial charge in [0.2, 0.25) is 11.1 Å². The number of hydrogen-bond donors (Lipinski definition) is 2. The van der Waals surface area contributed by atoms with Crippen molar-refractivity contribution in [3.63, 3.8) is 0 Å². The van der Waals surface area contributed by atoms with Crippen molar-refractivity contribution in [1.29, 1.82) is 0 Å². The summed E-state index contributed by atoms with van der Waals surface area (Å²) in [6, 6.07) is 13.7. The molecule has 30 heavy (non-hydrogen) atoms. The maximum absolute atomic E-state index is 13.5. The zero-order valence-corrected chi connectivity index (χ0v) is 17.7. The molecule has 2 N–H and O–H groups in total. The van der Waals surface area contributed by atoms with Crippen molar-refractivity contribution in [2.75, 3.05) is 10.7 Å². The molecule has 0 fully saturated rings. The highest BCUT2D eigenvalue weighted by atomic mass is 32.2. The van der Waals surface area contributed by atoms with Gasteiger partial charge in [0.15, 0.2) is 5.82 Å². The van der Waals surface area contributed by atoms with Crippen LogP contribution in [-0.4, -0.2) is 26.0 Å². The summed E-state index contributed by atoms with van der Waals surface area (Å²) in [5.41, 5.74) is 6.17. The maximum Gasteiger partial charge on any atom is 0.240 e. The molecule has 1 aliphatic heterocycles. The standard InChI is InChI=1S/C22H24FN5OS/c1-3-5-18-25-26-22-28(18)27-19(15-8-10-16(23)11-9-15)20(30-22)21(29)24-17-12-6-14(4-2)7-13-17/h6-13,19-20,27H,3-5H2,1-2H3,(H,24,29). The molecule has 4 rings (SSSR count). The number of hydrogen-bond acceptors (Lipinski definition) is 5. The van der Waals surface area contributed by atoms with E-state index in [9.17, 15) is 9.18 Å². The molecule has 8 heteroatoms. The van der Waals surface area contributed by atoms with Gasteiger partial charge in [-0.25, -0.2) is 9.07 Å². The van der Waals surface area contributed by atoms with E-state index in [4.69, 9.17) is 0 Å². The van der Waals surface area contributed by atoms with Crippen LogP contribution in [0.1, 0.15) is 43.3 Å². The molecule has 156 valence electrons. The summed E-state index contributed by atoms with van der Waals surface area (Å²) >= 11 is 1.37. The minimum Gasteiger partial charge on any atom is -0.325 e. The van der Waals surface area contributed by atoms with Crippen LogP contribution in [0, 0.1) is 5.82 Å². The Balaban J connectivity index is 1.63. The molecule has 1 amide bonds. The van der Waals surface area contributed by atoms with Gasteiger partial charge >= 0.3 is 0 Å². The molecule has 0 saturated heterocycles. The summed E-state index contributed by atoms with van der Waals surface area (Å²) in [7, 11) is 0. The number of rotatable bonds is 6. The van der Waals surface area contributed by atoms with Crippen LogP contribution < -0.4 is 10.7 Å². The molecule has 6 nitrogen and oxygen atoms in total. The molecule has 2 unspecified atom stereocenters. The smallest absolute Gasteiger partial charge is 0.240 e. The first-order valence-electron chi connectivity index (χ1n) is 10.1. The fraction of sp³-hybridized carbons (Fsp3) is 0.318. The van der Waals surface area contributed by atoms with Crippen molar-refractivity contribution in [1.82, 2.24) is 14.9 Å². The summed E-state index contributed by atoms with van der Waals surface area (Å²) in [5, 5.41) is 11.7. The van der Waals surface area contributed by atoms with Crippen molar-refractivity contribution in [2.45, 2.75) is 49.6 Å². The molecule has 1 aliphatic rings. The number of anilines is 1. The number of aryl methyl sites for hydroxylation is 2. The molecule has 2 heterocycles. The van der Waals surface area contributed by atoms with Crippen LogP contribution >= 0.6 is 11.8 Å². The molecular weight excluding hydrogens is 401 g/mol. The SMILES string of the molecule is CCCc1nnc2n1NC(c1ccc(F)cc1)C(C(=O)Nc1ccc(CC)cc1)S2. The summed E-state index contributed by atoms with van der Waals surface area (Å²) < 4.78 is 15.3. The van der Waals surface area contributed by atoms with Gasteiger partial charge in [0.05, 0.1) is 6.04 Å². The van der Waals surface area contributed by atoms with Gasteiger partial charge in [-0.2, -0.15) is 0 Å². The summed E-state index contributed by atoms with van der Waals surface area (Å²) in [5.74, 6) is 0.370. The first kappa shape index (κ1) is 20.4. The fourth-order valence-corrected chi connectivity index (χ4v) is 4.54. The number of nitrogens with one attached hydrogen (secondary N) is 2. The summed E-state index contributed by atoms with van der Waals surface area (Å²) in [4.78, 5) is 13.2. The molecule has 0 bridgehead atoms. The van der Waals surface area contributed by atoms with Gasteiger partial charge in [-0.05, 0) is 48.2 Å². The van der Waals surface area contributed by atoms with Gasteiger partial charge < -0.3 is 10.7 Å². The Labute approximate surface area is 179 Å². The average Bonchev–Trinajstić information content (AvgIpc) is 3.16. The van der Waals surface area contributed by atoms with E-state index in [1.807, 2.05) is 28.9 Å². The number of aromatic nitrogens is 3. The first-order valence-corrected chi connectivity index (χ1v) is 11.0. The Morgan fingerprint density at radius 2 is 1.87 bits per heavy atom. The van der Waals surface area contributed by atoms with E-state index >= 15 is 0 Å². The molecular formula is C22H24FN5OS. The van der Waals surface area contributed by atoms with E-state index in [1.165, 1.54) is 29.5 Å². The van der Waals surface area contributed by atoms with Gasteiger partial charge in [-0.1, -0.05) is 49.9 Å². The van der Waals surface area contributed by atoms with Crippen LogP contribution in [0.25, 0.3) is 0 Å². The zero-order chi connectivity index (χ0) is 21.1. The molecule has 3 aromatic rings. The van der Waals surface area contributed by atoms with Crippen LogP contribution in [0.5, 0.6) is 0 Å². The predicted molar refractivity (Wildman–Crippen MR) is 117 cm³/mol. The lowest BCUT2D eigenvalue weighted by Gasteiger charge is -2.33. The van der Waals surface area contributed by atoms with Crippen molar-refractivity contribution < 1.29 is 9.18 Å². The normalized spacial score (nSPS) is 17.8. The number of thioether (sulfide) groups is 1.